The summed E-state index contributed by atoms with van der Waals surface area (Å²) in [5.41, 5.74) is -3.05. The van der Waals surface area contributed by atoms with Crippen LogP contribution in [0.4, 0.5) is 36.4 Å². The third-order valence-electron chi connectivity index (χ3n) is 3.60. The van der Waals surface area contributed by atoms with Gasteiger partial charge in [0, 0.05) is 11.6 Å². The molecule has 4 nitrogen and oxygen atoms in total. The van der Waals surface area contributed by atoms with E-state index in [4.69, 9.17) is 0 Å². The second kappa shape index (κ2) is 6.32. The Kier molecular flexibility index (Phi) is 4.40. The van der Waals surface area contributed by atoms with E-state index in [2.05, 4.69) is 9.47 Å². The van der Waals surface area contributed by atoms with Gasteiger partial charge in [0.25, 0.3) is 0 Å². The van der Waals surface area contributed by atoms with Gasteiger partial charge in [0.1, 0.15) is 5.82 Å². The number of halogens is 7. The summed E-state index contributed by atoms with van der Waals surface area (Å²) < 4.78 is 106. The number of alkyl halides is 2. The van der Waals surface area contributed by atoms with E-state index in [1.165, 1.54) is 6.92 Å². The molecule has 0 unspecified atom stereocenters. The largest absolute Gasteiger partial charge is 0.488 e. The van der Waals surface area contributed by atoms with Crippen LogP contribution in [0, 0.1) is 29.1 Å². The van der Waals surface area contributed by atoms with Crippen LogP contribution in [-0.4, -0.2) is 18.6 Å². The number of rotatable bonds is 3. The van der Waals surface area contributed by atoms with Gasteiger partial charge in [-0.1, -0.05) is 0 Å². The molecule has 0 fully saturated rings. The van der Waals surface area contributed by atoms with E-state index < -0.39 is 69.4 Å². The van der Waals surface area contributed by atoms with Crippen molar-refractivity contribution in [1.29, 1.82) is 0 Å². The Balaban J connectivity index is 2.22. The van der Waals surface area contributed by atoms with Crippen LogP contribution in [-0.2, 0) is 4.79 Å². The fraction of sp³-hybridized carbons (Fsp3) is 0.188. The summed E-state index contributed by atoms with van der Waals surface area (Å²) in [4.78, 5) is 11.2. The molecule has 0 radical (unpaired) electrons. The SMILES string of the molecule is CCOc1c(F)c(F)c(-c2cc3c(cc2F)OC(F)(F)C(=O)N3)c(F)c1F. The lowest BCUT2D eigenvalue weighted by atomic mass is 10.0. The fourth-order valence-corrected chi connectivity index (χ4v) is 2.43. The van der Waals surface area contributed by atoms with Crippen molar-refractivity contribution in [3.05, 3.63) is 41.2 Å². The van der Waals surface area contributed by atoms with E-state index in [-0.39, 0.29) is 6.61 Å². The van der Waals surface area contributed by atoms with E-state index >= 15 is 0 Å². The van der Waals surface area contributed by atoms with Gasteiger partial charge in [-0.05, 0) is 13.0 Å². The van der Waals surface area contributed by atoms with E-state index in [1.54, 1.807) is 5.32 Å². The fourth-order valence-electron chi connectivity index (χ4n) is 2.43. The van der Waals surface area contributed by atoms with Gasteiger partial charge in [-0.25, -0.2) is 13.2 Å². The topological polar surface area (TPSA) is 47.6 Å². The van der Waals surface area contributed by atoms with Crippen LogP contribution in [0.1, 0.15) is 6.92 Å². The number of anilines is 1. The van der Waals surface area contributed by atoms with E-state index in [1.807, 2.05) is 0 Å². The molecule has 0 bridgehead atoms. The van der Waals surface area contributed by atoms with Gasteiger partial charge in [-0.15, -0.1) is 0 Å². The van der Waals surface area contributed by atoms with Gasteiger partial charge in [-0.2, -0.15) is 17.6 Å². The summed E-state index contributed by atoms with van der Waals surface area (Å²) in [7, 11) is 0. The van der Waals surface area contributed by atoms with Crippen molar-refractivity contribution in [2.75, 3.05) is 11.9 Å². The Morgan fingerprint density at radius 3 is 2.19 bits per heavy atom. The summed E-state index contributed by atoms with van der Waals surface area (Å²) >= 11 is 0. The highest BCUT2D eigenvalue weighted by atomic mass is 19.3. The zero-order valence-corrected chi connectivity index (χ0v) is 13.2. The number of benzene rings is 2. The highest BCUT2D eigenvalue weighted by Crippen LogP contribution is 2.42. The average molecular weight is 395 g/mol. The number of fused-ring (bicyclic) bond motifs is 1. The smallest absolute Gasteiger partial charge is 0.482 e. The average Bonchev–Trinajstić information content (AvgIpc) is 2.59. The van der Waals surface area contributed by atoms with Gasteiger partial charge in [0.15, 0.2) is 23.1 Å². The third-order valence-corrected chi connectivity index (χ3v) is 3.60. The molecule has 0 atom stereocenters. The molecule has 0 saturated heterocycles. The summed E-state index contributed by atoms with van der Waals surface area (Å²) in [5.74, 6) is -13.4. The first-order valence-electron chi connectivity index (χ1n) is 7.29. The van der Waals surface area contributed by atoms with E-state index in [9.17, 15) is 35.5 Å². The van der Waals surface area contributed by atoms with Crippen molar-refractivity contribution in [3.8, 4) is 22.6 Å². The molecule has 0 aromatic heterocycles. The van der Waals surface area contributed by atoms with Gasteiger partial charge < -0.3 is 14.8 Å². The highest BCUT2D eigenvalue weighted by Gasteiger charge is 2.46. The van der Waals surface area contributed by atoms with Crippen molar-refractivity contribution in [2.24, 2.45) is 0 Å². The number of amides is 1. The Bertz CT molecular complexity index is 933. The molecule has 1 aliphatic rings. The van der Waals surface area contributed by atoms with Crippen molar-refractivity contribution in [3.63, 3.8) is 0 Å². The maximum atomic E-state index is 14.3. The maximum absolute atomic E-state index is 14.3. The minimum absolute atomic E-state index is 0.295. The molecule has 1 N–H and O–H groups in total. The molecule has 2 aromatic carbocycles. The van der Waals surface area contributed by atoms with Crippen LogP contribution < -0.4 is 14.8 Å². The minimum Gasteiger partial charge on any atom is -0.488 e. The Morgan fingerprint density at radius 1 is 1.04 bits per heavy atom. The van der Waals surface area contributed by atoms with Gasteiger partial charge in [-0.3, -0.25) is 4.79 Å². The monoisotopic (exact) mass is 395 g/mol. The normalized spacial score (nSPS) is 15.0. The second-order valence-corrected chi connectivity index (χ2v) is 5.29. The molecule has 0 saturated carbocycles. The number of hydrogen-bond donors (Lipinski definition) is 1. The number of hydrogen-bond acceptors (Lipinski definition) is 3. The van der Waals surface area contributed by atoms with Crippen molar-refractivity contribution >= 4 is 11.6 Å². The first-order chi connectivity index (χ1) is 12.6. The Labute approximate surface area is 146 Å². The quantitative estimate of drug-likeness (QED) is 0.620. The summed E-state index contributed by atoms with van der Waals surface area (Å²) in [6.07, 6.45) is -4.30. The molecule has 1 aliphatic heterocycles. The molecule has 1 heterocycles. The van der Waals surface area contributed by atoms with Crippen LogP contribution in [0.3, 0.4) is 0 Å². The molecule has 11 heteroatoms. The summed E-state index contributed by atoms with van der Waals surface area (Å²) in [6.45, 7) is 1.00. The lowest BCUT2D eigenvalue weighted by Crippen LogP contribution is -2.43. The van der Waals surface area contributed by atoms with Crippen molar-refractivity contribution in [2.45, 2.75) is 13.0 Å². The standard InChI is InChI=1S/C16H8F7NO3/c1-2-26-14-12(20)10(18)9(11(19)13(14)21)5-3-7-8(4-6(5)17)27-16(22,23)15(25)24-7/h3-4H,2H2,1H3,(H,24,25). The Hall–Kier alpha value is -2.98. The van der Waals surface area contributed by atoms with E-state index in [0.717, 1.165) is 0 Å². The molecular formula is C16H8F7NO3. The van der Waals surface area contributed by atoms with Crippen LogP contribution in [0.5, 0.6) is 11.5 Å². The molecule has 0 spiro atoms. The first kappa shape index (κ1) is 18.8. The predicted octanol–water partition coefficient (Wildman–Crippen LogP) is 4.37. The van der Waals surface area contributed by atoms with Crippen LogP contribution in [0.15, 0.2) is 12.1 Å². The molecule has 27 heavy (non-hydrogen) atoms. The Morgan fingerprint density at radius 2 is 1.63 bits per heavy atom. The molecule has 1 amide bonds. The lowest BCUT2D eigenvalue weighted by Gasteiger charge is -2.25. The van der Waals surface area contributed by atoms with Crippen LogP contribution in [0.2, 0.25) is 0 Å². The predicted molar refractivity (Wildman–Crippen MR) is 77.0 cm³/mol. The first-order valence-corrected chi connectivity index (χ1v) is 7.29. The summed E-state index contributed by atoms with van der Waals surface area (Å²) in [6, 6.07) is 0.807. The van der Waals surface area contributed by atoms with Crippen molar-refractivity contribution in [1.82, 2.24) is 0 Å². The van der Waals surface area contributed by atoms with Gasteiger partial charge in [0.05, 0.1) is 17.9 Å². The minimum atomic E-state index is -4.30. The van der Waals surface area contributed by atoms with E-state index in [0.29, 0.717) is 12.1 Å². The number of carbonyl (C=O) groups excluding carboxylic acids is 1. The van der Waals surface area contributed by atoms with Crippen molar-refractivity contribution < 1.29 is 45.0 Å². The zero-order valence-electron chi connectivity index (χ0n) is 13.2. The number of nitrogens with one attached hydrogen (secondary N) is 1. The lowest BCUT2D eigenvalue weighted by molar-refractivity contribution is -0.189. The molecule has 2 aromatic rings. The number of ether oxygens (including phenoxy) is 2. The molecular weight excluding hydrogens is 387 g/mol. The molecule has 0 aliphatic carbocycles. The van der Waals surface area contributed by atoms with Crippen LogP contribution >= 0.6 is 0 Å². The summed E-state index contributed by atoms with van der Waals surface area (Å²) in [5, 5.41) is 1.65. The third kappa shape index (κ3) is 2.92. The molecule has 3 rings (SSSR count). The van der Waals surface area contributed by atoms with Gasteiger partial charge >= 0.3 is 12.0 Å². The maximum Gasteiger partial charge on any atom is 0.482 e. The van der Waals surface area contributed by atoms with Gasteiger partial charge in [0.2, 0.25) is 11.6 Å². The zero-order chi connectivity index (χ0) is 20.1. The molecule has 144 valence electrons. The highest BCUT2D eigenvalue weighted by molar-refractivity contribution is 5.99. The number of carbonyl (C=O) groups is 1. The van der Waals surface area contributed by atoms with Crippen LogP contribution in [0.25, 0.3) is 11.1 Å². The second-order valence-electron chi connectivity index (χ2n) is 5.29.